The van der Waals surface area contributed by atoms with Gasteiger partial charge in [0.05, 0.1) is 0 Å². The van der Waals surface area contributed by atoms with Gasteiger partial charge in [-0.25, -0.2) is 0 Å². The molecule has 34 heavy (non-hydrogen) atoms. The van der Waals surface area contributed by atoms with Gasteiger partial charge >= 0.3 is 5.97 Å². The van der Waals surface area contributed by atoms with Crippen LogP contribution in [0.4, 0.5) is 0 Å². The summed E-state index contributed by atoms with van der Waals surface area (Å²) in [6.45, 7) is 2.90. The maximum atomic E-state index is 13.4. The summed E-state index contributed by atoms with van der Waals surface area (Å²) in [6, 6.07) is 7.83. The van der Waals surface area contributed by atoms with Crippen molar-refractivity contribution >= 4 is 16.9 Å². The number of hydrogen-bond acceptors (Lipinski definition) is 10. The number of fused-ring (bicyclic) bond motifs is 1. The third-order valence-corrected chi connectivity index (χ3v) is 5.85. The van der Waals surface area contributed by atoms with Crippen molar-refractivity contribution in [2.24, 2.45) is 5.92 Å². The summed E-state index contributed by atoms with van der Waals surface area (Å²) in [6.07, 6.45) is -4.87. The molecule has 2 aromatic carbocycles. The lowest BCUT2D eigenvalue weighted by atomic mass is 9.81. The van der Waals surface area contributed by atoms with E-state index >= 15 is 0 Å². The van der Waals surface area contributed by atoms with Crippen LogP contribution in [0, 0.1) is 5.92 Å². The minimum absolute atomic E-state index is 0.0270. The molecule has 0 saturated heterocycles. The Morgan fingerprint density at radius 1 is 1.03 bits per heavy atom. The summed E-state index contributed by atoms with van der Waals surface area (Å²) in [4.78, 5) is 24.8. The average Bonchev–Trinajstić information content (AvgIpc) is 2.76. The van der Waals surface area contributed by atoms with Crippen LogP contribution in [0.25, 0.3) is 22.3 Å². The Labute approximate surface area is 193 Å². The minimum Gasteiger partial charge on any atom is -0.508 e. The van der Waals surface area contributed by atoms with E-state index in [-0.39, 0.29) is 40.4 Å². The molecule has 1 saturated carbocycles. The van der Waals surface area contributed by atoms with Crippen LogP contribution < -0.4 is 10.2 Å². The van der Waals surface area contributed by atoms with Gasteiger partial charge in [0.25, 0.3) is 0 Å². The molecule has 1 aliphatic carbocycles. The minimum atomic E-state index is -1.50. The highest BCUT2D eigenvalue weighted by molar-refractivity contribution is 5.88. The Morgan fingerprint density at radius 3 is 2.35 bits per heavy atom. The van der Waals surface area contributed by atoms with Crippen LogP contribution in [-0.2, 0) is 9.53 Å². The molecule has 0 aliphatic heterocycles. The molecule has 5 N–H and O–H groups in total. The number of benzene rings is 2. The molecule has 1 aliphatic rings. The summed E-state index contributed by atoms with van der Waals surface area (Å²) >= 11 is 0. The maximum Gasteiger partial charge on any atom is 0.303 e. The molecular weight excluding hydrogens is 448 g/mol. The van der Waals surface area contributed by atoms with Crippen LogP contribution in [-0.4, -0.2) is 55.9 Å². The van der Waals surface area contributed by atoms with Crippen molar-refractivity contribution in [2.45, 2.75) is 44.7 Å². The molecular formula is C24H24O10. The maximum absolute atomic E-state index is 13.4. The number of ether oxygens (including phenoxy) is 2. The van der Waals surface area contributed by atoms with E-state index in [9.17, 15) is 35.1 Å². The van der Waals surface area contributed by atoms with Crippen LogP contribution in [0.3, 0.4) is 0 Å². The molecule has 10 nitrogen and oxygen atoms in total. The van der Waals surface area contributed by atoms with Crippen LogP contribution in [0.5, 0.6) is 23.0 Å². The van der Waals surface area contributed by atoms with E-state index in [2.05, 4.69) is 0 Å². The number of aliphatic hydroxyl groups is 2. The van der Waals surface area contributed by atoms with Crippen molar-refractivity contribution in [2.75, 3.05) is 0 Å². The molecule has 0 radical (unpaired) electrons. The quantitative estimate of drug-likeness (QED) is 0.354. The number of carbonyl (C=O) groups excluding carboxylic acids is 1. The number of esters is 1. The van der Waals surface area contributed by atoms with Crippen molar-refractivity contribution in [3.05, 3.63) is 46.6 Å². The predicted octanol–water partition coefficient (Wildman–Crippen LogP) is 2.02. The normalized spacial score (nSPS) is 24.6. The summed E-state index contributed by atoms with van der Waals surface area (Å²) < 4.78 is 16.9. The van der Waals surface area contributed by atoms with Crippen LogP contribution in [0.1, 0.15) is 20.3 Å². The van der Waals surface area contributed by atoms with Gasteiger partial charge in [-0.15, -0.1) is 0 Å². The van der Waals surface area contributed by atoms with Crippen LogP contribution in [0.15, 0.2) is 45.6 Å². The van der Waals surface area contributed by atoms with E-state index in [1.807, 2.05) is 0 Å². The highest BCUT2D eigenvalue weighted by atomic mass is 16.6. The lowest BCUT2D eigenvalue weighted by Crippen LogP contribution is -2.56. The van der Waals surface area contributed by atoms with Gasteiger partial charge in [-0.2, -0.15) is 0 Å². The number of aromatic hydroxyl groups is 3. The van der Waals surface area contributed by atoms with Gasteiger partial charge in [-0.05, 0) is 36.6 Å². The van der Waals surface area contributed by atoms with Crippen molar-refractivity contribution < 1.29 is 44.2 Å². The molecule has 4 rings (SSSR count). The number of hydrogen-bond donors (Lipinski definition) is 5. The van der Waals surface area contributed by atoms with E-state index < -0.39 is 47.5 Å². The zero-order valence-corrected chi connectivity index (χ0v) is 18.3. The second-order valence-electron chi connectivity index (χ2n) is 8.40. The molecule has 1 fully saturated rings. The standard InChI is InChI=1S/C24H24O10/c1-10-7-17(19(29)21(31)22(10)32-11(2)25)34-24-20(30)18-15(28)8-14(27)9-16(18)33-23(24)12-3-5-13(26)6-4-12/h3-6,8-10,17,19,21-22,26-29,31H,7H2,1-2H3/t10-,17?,19+,21+,22?/m1/s1. The molecule has 3 aromatic rings. The van der Waals surface area contributed by atoms with Gasteiger partial charge in [0, 0.05) is 24.6 Å². The Bertz CT molecular complexity index is 1280. The molecule has 0 bridgehead atoms. The summed E-state index contributed by atoms with van der Waals surface area (Å²) in [7, 11) is 0. The van der Waals surface area contributed by atoms with Gasteiger partial charge in [0.2, 0.25) is 11.2 Å². The molecule has 1 aromatic heterocycles. The van der Waals surface area contributed by atoms with Gasteiger partial charge in [0.15, 0.2) is 5.76 Å². The first-order chi connectivity index (χ1) is 16.1. The Hall–Kier alpha value is -3.76. The van der Waals surface area contributed by atoms with E-state index in [4.69, 9.17) is 13.9 Å². The molecule has 10 heteroatoms. The number of phenolic OH excluding ortho intramolecular Hbond substituents is 3. The fraction of sp³-hybridized carbons (Fsp3) is 0.333. The monoisotopic (exact) mass is 472 g/mol. The lowest BCUT2D eigenvalue weighted by Gasteiger charge is -2.40. The first-order valence-corrected chi connectivity index (χ1v) is 10.6. The fourth-order valence-corrected chi connectivity index (χ4v) is 4.22. The van der Waals surface area contributed by atoms with Crippen molar-refractivity contribution in [1.29, 1.82) is 0 Å². The van der Waals surface area contributed by atoms with Crippen molar-refractivity contribution in [3.8, 4) is 34.3 Å². The molecule has 1 heterocycles. The third kappa shape index (κ3) is 4.25. The number of phenols is 3. The van der Waals surface area contributed by atoms with E-state index in [1.54, 1.807) is 6.92 Å². The first-order valence-electron chi connectivity index (χ1n) is 10.6. The van der Waals surface area contributed by atoms with Gasteiger partial charge in [0.1, 0.15) is 52.6 Å². The smallest absolute Gasteiger partial charge is 0.303 e. The SMILES string of the molecule is CC(=O)OC1[C@H](C)CC(Oc2c(-c3ccc(O)cc3)oc3cc(O)cc(O)c3c2=O)[C@H](O)[C@@H]1O. The number of aliphatic hydroxyl groups excluding tert-OH is 2. The summed E-state index contributed by atoms with van der Waals surface area (Å²) in [5.41, 5.74) is -0.532. The Kier molecular flexibility index (Phi) is 6.11. The van der Waals surface area contributed by atoms with Gasteiger partial charge < -0.3 is 39.4 Å². The lowest BCUT2D eigenvalue weighted by molar-refractivity contribution is -0.182. The van der Waals surface area contributed by atoms with Gasteiger partial charge in [-0.1, -0.05) is 6.92 Å². The largest absolute Gasteiger partial charge is 0.508 e. The second kappa shape index (κ2) is 8.88. The zero-order chi connectivity index (χ0) is 24.7. The van der Waals surface area contributed by atoms with Gasteiger partial charge in [-0.3, -0.25) is 9.59 Å². The fourth-order valence-electron chi connectivity index (χ4n) is 4.22. The zero-order valence-electron chi connectivity index (χ0n) is 18.3. The molecule has 0 spiro atoms. The van der Waals surface area contributed by atoms with Crippen molar-refractivity contribution in [1.82, 2.24) is 0 Å². The third-order valence-electron chi connectivity index (χ3n) is 5.85. The van der Waals surface area contributed by atoms with E-state index in [0.29, 0.717) is 5.56 Å². The molecule has 180 valence electrons. The predicted molar refractivity (Wildman–Crippen MR) is 119 cm³/mol. The highest BCUT2D eigenvalue weighted by Crippen LogP contribution is 2.38. The topological polar surface area (TPSA) is 167 Å². The van der Waals surface area contributed by atoms with Crippen molar-refractivity contribution in [3.63, 3.8) is 0 Å². The second-order valence-corrected chi connectivity index (χ2v) is 8.40. The number of carbonyl (C=O) groups is 1. The molecule has 5 atom stereocenters. The molecule has 2 unspecified atom stereocenters. The van der Waals surface area contributed by atoms with E-state index in [0.717, 1.165) is 12.1 Å². The Morgan fingerprint density at radius 2 is 1.71 bits per heavy atom. The first kappa shape index (κ1) is 23.4. The Balaban J connectivity index is 1.82. The van der Waals surface area contributed by atoms with Crippen LogP contribution >= 0.6 is 0 Å². The molecule has 0 amide bonds. The summed E-state index contributed by atoms with van der Waals surface area (Å²) in [5, 5.41) is 50.7. The van der Waals surface area contributed by atoms with E-state index in [1.165, 1.54) is 31.2 Å². The number of rotatable bonds is 4. The summed E-state index contributed by atoms with van der Waals surface area (Å²) in [5.74, 6) is -2.31. The average molecular weight is 472 g/mol. The van der Waals surface area contributed by atoms with Crippen LogP contribution in [0.2, 0.25) is 0 Å². The highest BCUT2D eigenvalue weighted by Gasteiger charge is 2.45.